The first-order valence-electron chi connectivity index (χ1n) is 7.99. The van der Waals surface area contributed by atoms with Gasteiger partial charge >= 0.3 is 0 Å². The molecule has 2 aromatic rings. The van der Waals surface area contributed by atoms with Crippen molar-refractivity contribution in [2.24, 2.45) is 0 Å². The average molecular weight is 367 g/mol. The molecule has 25 heavy (non-hydrogen) atoms. The highest BCUT2D eigenvalue weighted by Crippen LogP contribution is 2.24. The molecule has 1 atom stereocenters. The van der Waals surface area contributed by atoms with Gasteiger partial charge in [0.2, 0.25) is 15.9 Å². The van der Waals surface area contributed by atoms with E-state index in [0.717, 1.165) is 5.69 Å². The first-order valence-corrected chi connectivity index (χ1v) is 9.43. The van der Waals surface area contributed by atoms with Crippen molar-refractivity contribution in [3.05, 3.63) is 35.3 Å². The Morgan fingerprint density at radius 3 is 2.76 bits per heavy atom. The van der Waals surface area contributed by atoms with Gasteiger partial charge in [0, 0.05) is 18.3 Å². The quantitative estimate of drug-likeness (QED) is 0.807. The van der Waals surface area contributed by atoms with Crippen LogP contribution in [0, 0.1) is 20.8 Å². The smallest absolute Gasteiger partial charge is 0.248 e. The van der Waals surface area contributed by atoms with Crippen molar-refractivity contribution in [1.29, 1.82) is 0 Å². The largest absolute Gasteiger partial charge is 0.470 e. The monoisotopic (exact) mass is 367 g/mol. The van der Waals surface area contributed by atoms with Crippen LogP contribution in [0.15, 0.2) is 27.6 Å². The third kappa shape index (κ3) is 3.83. The predicted octanol–water partition coefficient (Wildman–Crippen LogP) is 1.46. The van der Waals surface area contributed by atoms with Gasteiger partial charge in [0.25, 0.3) is 0 Å². The number of pyridine rings is 1. The Bertz CT molecular complexity index is 830. The van der Waals surface area contributed by atoms with Gasteiger partial charge in [-0.2, -0.15) is 4.31 Å². The summed E-state index contributed by atoms with van der Waals surface area (Å²) in [6, 6.07) is 5.45. The molecule has 0 amide bonds. The van der Waals surface area contributed by atoms with Crippen molar-refractivity contribution in [2.75, 3.05) is 26.3 Å². The molecule has 0 saturated carbocycles. The number of ether oxygens (including phenoxy) is 2. The highest BCUT2D eigenvalue weighted by molar-refractivity contribution is 7.89. The van der Waals surface area contributed by atoms with Gasteiger partial charge in [0.15, 0.2) is 5.76 Å². The van der Waals surface area contributed by atoms with Crippen LogP contribution in [0.5, 0.6) is 5.88 Å². The maximum atomic E-state index is 13.0. The van der Waals surface area contributed by atoms with Crippen LogP contribution < -0.4 is 4.74 Å². The van der Waals surface area contributed by atoms with Gasteiger partial charge < -0.3 is 14.0 Å². The topological polar surface area (TPSA) is 94.8 Å². The highest BCUT2D eigenvalue weighted by atomic mass is 32.2. The summed E-state index contributed by atoms with van der Waals surface area (Å²) in [6.07, 6.45) is -0.452. The highest BCUT2D eigenvalue weighted by Gasteiger charge is 2.34. The molecule has 1 aliphatic rings. The maximum Gasteiger partial charge on any atom is 0.248 e. The lowest BCUT2D eigenvalue weighted by Gasteiger charge is -2.23. The van der Waals surface area contributed by atoms with Crippen LogP contribution in [-0.4, -0.2) is 55.3 Å². The van der Waals surface area contributed by atoms with Gasteiger partial charge in [0.05, 0.1) is 19.8 Å². The summed E-state index contributed by atoms with van der Waals surface area (Å²) in [4.78, 5) is 4.41. The second-order valence-electron chi connectivity index (χ2n) is 5.95. The molecule has 0 spiro atoms. The van der Waals surface area contributed by atoms with E-state index < -0.39 is 16.1 Å². The minimum absolute atomic E-state index is 0.113. The fraction of sp³-hybridized carbons (Fsp3) is 0.500. The van der Waals surface area contributed by atoms with E-state index in [1.54, 1.807) is 19.9 Å². The Kier molecular flexibility index (Phi) is 5.07. The standard InChI is InChI=1S/C16H21N3O5S/c1-11-5-4-6-15(17-11)23-14-9-19(7-8-22-10-14)25(20,21)16-12(2)18-24-13(16)3/h4-6,14H,7-10H2,1-3H3. The molecule has 0 radical (unpaired) electrons. The number of hydrogen-bond acceptors (Lipinski definition) is 7. The fourth-order valence-corrected chi connectivity index (χ4v) is 4.51. The molecule has 0 N–H and O–H groups in total. The molecule has 0 aliphatic carbocycles. The van der Waals surface area contributed by atoms with Gasteiger partial charge in [-0.15, -0.1) is 0 Å². The molecule has 1 aliphatic heterocycles. The number of hydrogen-bond donors (Lipinski definition) is 0. The van der Waals surface area contributed by atoms with Crippen LogP contribution in [-0.2, 0) is 14.8 Å². The molecule has 0 aromatic carbocycles. The molecular weight excluding hydrogens is 346 g/mol. The fourth-order valence-electron chi connectivity index (χ4n) is 2.77. The zero-order chi connectivity index (χ0) is 18.0. The Morgan fingerprint density at radius 1 is 1.28 bits per heavy atom. The van der Waals surface area contributed by atoms with Crippen molar-refractivity contribution in [3.8, 4) is 5.88 Å². The molecule has 9 heteroatoms. The summed E-state index contributed by atoms with van der Waals surface area (Å²) in [6.45, 7) is 6.07. The van der Waals surface area contributed by atoms with Crippen LogP contribution in [0.3, 0.4) is 0 Å². The van der Waals surface area contributed by atoms with Crippen molar-refractivity contribution in [1.82, 2.24) is 14.4 Å². The summed E-state index contributed by atoms with van der Waals surface area (Å²) >= 11 is 0. The molecule has 1 saturated heterocycles. The summed E-state index contributed by atoms with van der Waals surface area (Å²) < 4.78 is 43.7. The van der Waals surface area contributed by atoms with Crippen molar-refractivity contribution < 1.29 is 22.4 Å². The van der Waals surface area contributed by atoms with Crippen molar-refractivity contribution >= 4 is 10.0 Å². The normalized spacial score (nSPS) is 19.6. The summed E-state index contributed by atoms with van der Waals surface area (Å²) in [5.41, 5.74) is 1.17. The molecular formula is C16H21N3O5S. The zero-order valence-electron chi connectivity index (χ0n) is 14.4. The molecule has 136 valence electrons. The number of rotatable bonds is 4. The number of sulfonamides is 1. The lowest BCUT2D eigenvalue weighted by molar-refractivity contribution is 0.0696. The second-order valence-corrected chi connectivity index (χ2v) is 7.82. The van der Waals surface area contributed by atoms with E-state index in [4.69, 9.17) is 14.0 Å². The lowest BCUT2D eigenvalue weighted by Crippen LogP contribution is -2.40. The van der Waals surface area contributed by atoms with E-state index in [1.165, 1.54) is 4.31 Å². The van der Waals surface area contributed by atoms with Crippen molar-refractivity contribution in [3.63, 3.8) is 0 Å². The van der Waals surface area contributed by atoms with Gasteiger partial charge in [-0.25, -0.2) is 13.4 Å². The van der Waals surface area contributed by atoms with Gasteiger partial charge in [-0.1, -0.05) is 11.2 Å². The van der Waals surface area contributed by atoms with Gasteiger partial charge in [-0.05, 0) is 26.8 Å². The van der Waals surface area contributed by atoms with Gasteiger partial charge in [0.1, 0.15) is 16.7 Å². The first-order chi connectivity index (χ1) is 11.9. The molecule has 3 rings (SSSR count). The Morgan fingerprint density at radius 2 is 2.08 bits per heavy atom. The molecule has 0 bridgehead atoms. The van der Waals surface area contributed by atoms with Crippen LogP contribution in [0.4, 0.5) is 0 Å². The van der Waals surface area contributed by atoms with Crippen LogP contribution in [0.1, 0.15) is 17.1 Å². The molecule has 2 aromatic heterocycles. The van der Waals surface area contributed by atoms with Crippen LogP contribution >= 0.6 is 0 Å². The lowest BCUT2D eigenvalue weighted by atomic mass is 10.3. The SMILES string of the molecule is Cc1cccc(OC2COCCN(S(=O)(=O)c3c(C)noc3C)C2)n1. The third-order valence-electron chi connectivity index (χ3n) is 3.91. The van der Waals surface area contributed by atoms with E-state index in [2.05, 4.69) is 10.1 Å². The van der Waals surface area contributed by atoms with Crippen LogP contribution in [0.2, 0.25) is 0 Å². The summed E-state index contributed by atoms with van der Waals surface area (Å²) in [7, 11) is -3.74. The Balaban J connectivity index is 1.82. The molecule has 3 heterocycles. The number of aromatic nitrogens is 2. The predicted molar refractivity (Wildman–Crippen MR) is 88.9 cm³/mol. The molecule has 1 fully saturated rings. The van der Waals surface area contributed by atoms with Crippen molar-refractivity contribution in [2.45, 2.75) is 31.8 Å². The summed E-state index contributed by atoms with van der Waals surface area (Å²) in [5, 5.41) is 3.74. The number of aryl methyl sites for hydroxylation is 3. The molecule has 8 nitrogen and oxygen atoms in total. The zero-order valence-corrected chi connectivity index (χ0v) is 15.2. The van der Waals surface area contributed by atoms with E-state index in [1.807, 2.05) is 19.1 Å². The minimum Gasteiger partial charge on any atom is -0.470 e. The maximum absolute atomic E-state index is 13.0. The van der Waals surface area contributed by atoms with E-state index in [9.17, 15) is 8.42 Å². The van der Waals surface area contributed by atoms with E-state index in [0.29, 0.717) is 24.8 Å². The third-order valence-corrected chi connectivity index (χ3v) is 6.02. The summed E-state index contributed by atoms with van der Waals surface area (Å²) in [5.74, 6) is 0.727. The van der Waals surface area contributed by atoms with E-state index >= 15 is 0 Å². The first kappa shape index (κ1) is 17.8. The number of nitrogens with zero attached hydrogens (tertiary/aromatic N) is 3. The average Bonchev–Trinajstić information content (AvgIpc) is 2.75. The Labute approximate surface area is 146 Å². The van der Waals surface area contributed by atoms with E-state index in [-0.39, 0.29) is 23.7 Å². The molecule has 1 unspecified atom stereocenters. The Hall–Kier alpha value is -1.97. The van der Waals surface area contributed by atoms with Crippen LogP contribution in [0.25, 0.3) is 0 Å². The second kappa shape index (κ2) is 7.11. The minimum atomic E-state index is -3.74. The van der Waals surface area contributed by atoms with Gasteiger partial charge in [-0.3, -0.25) is 0 Å².